The number of nitrogens with two attached hydrogens (primary N) is 1. The summed E-state index contributed by atoms with van der Waals surface area (Å²) in [5.74, 6) is -2.68. The Balaban J connectivity index is 2.75. The summed E-state index contributed by atoms with van der Waals surface area (Å²) >= 11 is 0. The smallest absolute Gasteiger partial charge is 0.384 e. The Labute approximate surface area is 97.9 Å². The Kier molecular flexibility index (Phi) is 4.37. The number of nitrogens with zero attached hydrogens (tertiary/aromatic N) is 1. The van der Waals surface area contributed by atoms with Crippen LogP contribution in [0.1, 0.15) is 6.92 Å². The van der Waals surface area contributed by atoms with Crippen molar-refractivity contribution in [3.05, 3.63) is 0 Å². The molecule has 1 rings (SSSR count). The second kappa shape index (κ2) is 5.22. The van der Waals surface area contributed by atoms with Gasteiger partial charge in [-0.1, -0.05) is 0 Å². The molecule has 0 spiro atoms. The first-order valence-corrected chi connectivity index (χ1v) is 5.37. The van der Waals surface area contributed by atoms with E-state index in [1.165, 1.54) is 18.9 Å². The zero-order valence-corrected chi connectivity index (χ0v) is 9.83. The fourth-order valence-corrected chi connectivity index (χ4v) is 2.09. The van der Waals surface area contributed by atoms with E-state index in [2.05, 4.69) is 0 Å². The minimum absolute atomic E-state index is 0.00703. The maximum absolute atomic E-state index is 12.7. The average molecular weight is 254 g/mol. The van der Waals surface area contributed by atoms with Gasteiger partial charge in [0.2, 0.25) is 5.91 Å². The van der Waals surface area contributed by atoms with Gasteiger partial charge in [-0.2, -0.15) is 13.2 Å². The molecule has 0 aromatic carbocycles. The minimum atomic E-state index is -4.31. The number of likely N-dealkylation sites (tertiary alicyclic amines) is 1. The van der Waals surface area contributed by atoms with E-state index < -0.39 is 30.0 Å². The second-order valence-electron chi connectivity index (χ2n) is 4.40. The summed E-state index contributed by atoms with van der Waals surface area (Å²) in [6.45, 7) is 1.19. The number of hydrogen-bond acceptors (Lipinski definition) is 3. The monoisotopic (exact) mass is 254 g/mol. The number of carbonyl (C=O) groups is 1. The second-order valence-corrected chi connectivity index (χ2v) is 4.40. The first-order valence-electron chi connectivity index (χ1n) is 5.37. The van der Waals surface area contributed by atoms with Gasteiger partial charge in [0.15, 0.2) is 0 Å². The molecule has 0 aromatic rings. The van der Waals surface area contributed by atoms with E-state index in [9.17, 15) is 18.0 Å². The highest BCUT2D eigenvalue weighted by Gasteiger charge is 2.50. The van der Waals surface area contributed by atoms with Crippen LogP contribution >= 0.6 is 0 Å². The van der Waals surface area contributed by atoms with Crippen LogP contribution in [-0.4, -0.2) is 49.8 Å². The molecule has 0 unspecified atom stereocenters. The van der Waals surface area contributed by atoms with Crippen molar-refractivity contribution in [3.8, 4) is 0 Å². The van der Waals surface area contributed by atoms with E-state index in [1.807, 2.05) is 0 Å². The van der Waals surface area contributed by atoms with Crippen LogP contribution in [0.15, 0.2) is 0 Å². The number of amides is 1. The summed E-state index contributed by atoms with van der Waals surface area (Å²) in [5.41, 5.74) is 5.39. The van der Waals surface area contributed by atoms with Crippen molar-refractivity contribution >= 4 is 5.91 Å². The summed E-state index contributed by atoms with van der Waals surface area (Å²) in [6, 6.07) is -0.773. The zero-order valence-electron chi connectivity index (χ0n) is 9.83. The SMILES string of the molecule is COC[C@@H]1CN(C(=O)[C@H](C)N)C[C@@H]1C(F)(F)F. The normalized spacial score (nSPS) is 27.3. The molecule has 0 radical (unpaired) electrons. The van der Waals surface area contributed by atoms with Gasteiger partial charge in [0.05, 0.1) is 18.6 Å². The number of alkyl halides is 3. The van der Waals surface area contributed by atoms with E-state index >= 15 is 0 Å². The molecule has 1 aliphatic rings. The van der Waals surface area contributed by atoms with Crippen molar-refractivity contribution in [3.63, 3.8) is 0 Å². The number of methoxy groups -OCH3 is 1. The largest absolute Gasteiger partial charge is 0.393 e. The van der Waals surface area contributed by atoms with E-state index in [0.717, 1.165) is 0 Å². The van der Waals surface area contributed by atoms with Gasteiger partial charge in [-0.25, -0.2) is 0 Å². The molecule has 4 nitrogen and oxygen atoms in total. The third-order valence-corrected chi connectivity index (χ3v) is 2.94. The number of carbonyl (C=O) groups excluding carboxylic acids is 1. The molecule has 0 aliphatic carbocycles. The Morgan fingerprint density at radius 2 is 2.12 bits per heavy atom. The molecular weight excluding hydrogens is 237 g/mol. The molecule has 0 saturated carbocycles. The van der Waals surface area contributed by atoms with Gasteiger partial charge in [-0.3, -0.25) is 4.79 Å². The summed E-state index contributed by atoms with van der Waals surface area (Å²) in [5, 5.41) is 0. The van der Waals surface area contributed by atoms with E-state index in [0.29, 0.717) is 0 Å². The third-order valence-electron chi connectivity index (χ3n) is 2.94. The lowest BCUT2D eigenvalue weighted by atomic mass is 9.96. The van der Waals surface area contributed by atoms with Crippen LogP contribution < -0.4 is 5.73 Å². The minimum Gasteiger partial charge on any atom is -0.384 e. The first kappa shape index (κ1) is 14.2. The van der Waals surface area contributed by atoms with E-state index in [-0.39, 0.29) is 19.7 Å². The van der Waals surface area contributed by atoms with Crippen LogP contribution in [0.2, 0.25) is 0 Å². The Hall–Kier alpha value is -0.820. The van der Waals surface area contributed by atoms with Gasteiger partial charge in [-0.15, -0.1) is 0 Å². The fourth-order valence-electron chi connectivity index (χ4n) is 2.09. The van der Waals surface area contributed by atoms with Crippen molar-refractivity contribution in [2.45, 2.75) is 19.1 Å². The lowest BCUT2D eigenvalue weighted by Gasteiger charge is -2.20. The van der Waals surface area contributed by atoms with Crippen molar-refractivity contribution in [2.75, 3.05) is 26.8 Å². The molecule has 1 amide bonds. The lowest BCUT2D eigenvalue weighted by molar-refractivity contribution is -0.183. The van der Waals surface area contributed by atoms with Crippen LogP contribution in [0.4, 0.5) is 13.2 Å². The topological polar surface area (TPSA) is 55.6 Å². The summed E-state index contributed by atoms with van der Waals surface area (Å²) < 4.78 is 43.0. The Bertz CT molecular complexity index is 281. The maximum Gasteiger partial charge on any atom is 0.393 e. The fraction of sp³-hybridized carbons (Fsp3) is 0.900. The highest BCUT2D eigenvalue weighted by molar-refractivity contribution is 5.81. The molecule has 1 aliphatic heterocycles. The molecule has 7 heteroatoms. The molecule has 100 valence electrons. The van der Waals surface area contributed by atoms with Crippen LogP contribution in [-0.2, 0) is 9.53 Å². The van der Waals surface area contributed by atoms with Crippen LogP contribution in [0.3, 0.4) is 0 Å². The Morgan fingerprint density at radius 3 is 2.53 bits per heavy atom. The maximum atomic E-state index is 12.7. The molecule has 3 atom stereocenters. The van der Waals surface area contributed by atoms with Crippen molar-refractivity contribution in [2.24, 2.45) is 17.6 Å². The van der Waals surface area contributed by atoms with Gasteiger partial charge < -0.3 is 15.4 Å². The van der Waals surface area contributed by atoms with Crippen LogP contribution in [0.5, 0.6) is 0 Å². The highest BCUT2D eigenvalue weighted by atomic mass is 19.4. The van der Waals surface area contributed by atoms with Gasteiger partial charge in [0.25, 0.3) is 0 Å². The van der Waals surface area contributed by atoms with Crippen LogP contribution in [0, 0.1) is 11.8 Å². The zero-order chi connectivity index (χ0) is 13.2. The standard InChI is InChI=1S/C10H17F3N2O2/c1-6(14)9(16)15-3-7(5-17-2)8(4-15)10(11,12)13/h6-8H,3-5,14H2,1-2H3/t6-,7-,8-/m0/s1. The number of ether oxygens (including phenoxy) is 1. The predicted molar refractivity (Wildman–Crippen MR) is 55.1 cm³/mol. The Morgan fingerprint density at radius 1 is 1.53 bits per heavy atom. The predicted octanol–water partition coefficient (Wildman–Crippen LogP) is 0.617. The van der Waals surface area contributed by atoms with E-state index in [1.54, 1.807) is 0 Å². The highest BCUT2D eigenvalue weighted by Crippen LogP contribution is 2.37. The van der Waals surface area contributed by atoms with Crippen molar-refractivity contribution in [1.29, 1.82) is 0 Å². The van der Waals surface area contributed by atoms with Gasteiger partial charge >= 0.3 is 6.18 Å². The summed E-state index contributed by atoms with van der Waals surface area (Å²) in [7, 11) is 1.35. The van der Waals surface area contributed by atoms with Crippen molar-refractivity contribution < 1.29 is 22.7 Å². The van der Waals surface area contributed by atoms with Crippen LogP contribution in [0.25, 0.3) is 0 Å². The molecule has 1 heterocycles. The van der Waals surface area contributed by atoms with Gasteiger partial charge in [0, 0.05) is 26.1 Å². The molecule has 0 bridgehead atoms. The molecule has 17 heavy (non-hydrogen) atoms. The van der Waals surface area contributed by atoms with E-state index in [4.69, 9.17) is 10.5 Å². The van der Waals surface area contributed by atoms with Crippen molar-refractivity contribution in [1.82, 2.24) is 4.90 Å². The molecular formula is C10H17F3N2O2. The molecule has 1 fully saturated rings. The third kappa shape index (κ3) is 3.32. The van der Waals surface area contributed by atoms with Gasteiger partial charge in [0.1, 0.15) is 0 Å². The first-order chi connectivity index (χ1) is 7.77. The number of rotatable bonds is 3. The average Bonchev–Trinajstić information content (AvgIpc) is 2.60. The summed E-state index contributed by atoms with van der Waals surface area (Å²) in [6.07, 6.45) is -4.31. The number of hydrogen-bond donors (Lipinski definition) is 1. The lowest BCUT2D eigenvalue weighted by Crippen LogP contribution is -2.41. The number of halogens is 3. The summed E-state index contributed by atoms with van der Waals surface area (Å²) in [4.78, 5) is 12.7. The van der Waals surface area contributed by atoms with Gasteiger partial charge in [-0.05, 0) is 6.92 Å². The molecule has 2 N–H and O–H groups in total. The molecule has 0 aromatic heterocycles. The quantitative estimate of drug-likeness (QED) is 0.803. The molecule has 1 saturated heterocycles.